The fourth-order valence-corrected chi connectivity index (χ4v) is 3.22. The zero-order chi connectivity index (χ0) is 18.4. The average molecular weight is 382 g/mol. The minimum atomic E-state index is -0.498. The van der Waals surface area contributed by atoms with Crippen molar-refractivity contribution in [3.63, 3.8) is 0 Å². The summed E-state index contributed by atoms with van der Waals surface area (Å²) in [4.78, 5) is 0. The molecule has 1 aromatic carbocycles. The molecule has 1 saturated heterocycles. The van der Waals surface area contributed by atoms with Crippen LogP contribution < -0.4 is 10.6 Å². The van der Waals surface area contributed by atoms with Gasteiger partial charge in [0.05, 0.1) is 5.02 Å². The number of benzene rings is 1. The first kappa shape index (κ1) is 18.8. The number of hydrogen-bond acceptors (Lipinski definition) is 7. The van der Waals surface area contributed by atoms with Gasteiger partial charge in [0, 0.05) is 25.6 Å². The topological polar surface area (TPSA) is 95.6 Å². The highest BCUT2D eigenvalue weighted by molar-refractivity contribution is 6.30. The van der Waals surface area contributed by atoms with Crippen molar-refractivity contribution in [2.24, 2.45) is 5.16 Å². The van der Waals surface area contributed by atoms with Gasteiger partial charge in [0.15, 0.2) is 5.69 Å². The molecule has 140 valence electrons. The van der Waals surface area contributed by atoms with Crippen LogP contribution in [0, 0.1) is 5.82 Å². The molecule has 0 spiro atoms. The van der Waals surface area contributed by atoms with Crippen LogP contribution >= 0.6 is 11.6 Å². The van der Waals surface area contributed by atoms with Crippen LogP contribution in [0.1, 0.15) is 36.2 Å². The molecule has 2 heterocycles. The molecule has 0 radical (unpaired) electrons. The van der Waals surface area contributed by atoms with Crippen LogP contribution in [0.4, 0.5) is 4.39 Å². The minimum Gasteiger partial charge on any atom is -0.411 e. The molecule has 3 N–H and O–H groups in total. The van der Waals surface area contributed by atoms with Crippen molar-refractivity contribution in [1.82, 2.24) is 20.9 Å². The van der Waals surface area contributed by atoms with Gasteiger partial charge < -0.3 is 15.8 Å². The highest BCUT2D eigenvalue weighted by Gasteiger charge is 2.19. The lowest BCUT2D eigenvalue weighted by molar-refractivity contribution is 0.299. The van der Waals surface area contributed by atoms with Gasteiger partial charge in [-0.05, 0) is 42.2 Å². The number of nitrogens with one attached hydrogen (secondary N) is 2. The number of halogens is 2. The second kappa shape index (κ2) is 9.07. The number of hydrogen-bond donors (Lipinski definition) is 3. The Labute approximate surface area is 155 Å². The van der Waals surface area contributed by atoms with E-state index in [0.29, 0.717) is 29.5 Å². The molecule has 1 atom stereocenters. The molecule has 7 nitrogen and oxygen atoms in total. The predicted octanol–water partition coefficient (Wildman–Crippen LogP) is 2.51. The molecule has 1 aliphatic heterocycles. The van der Waals surface area contributed by atoms with Crippen LogP contribution in [0.25, 0.3) is 0 Å². The van der Waals surface area contributed by atoms with Gasteiger partial charge in [-0.3, -0.25) is 0 Å². The molecule has 26 heavy (non-hydrogen) atoms. The Balaban J connectivity index is 1.62. The lowest BCUT2D eigenvalue weighted by Crippen LogP contribution is -2.41. The quantitative estimate of drug-likeness (QED) is 0.387. The third-order valence-corrected chi connectivity index (χ3v) is 4.69. The summed E-state index contributed by atoms with van der Waals surface area (Å²) in [6, 6.07) is 4.78. The Hall–Kier alpha value is -2.03. The van der Waals surface area contributed by atoms with Gasteiger partial charge in [0.1, 0.15) is 17.2 Å². The van der Waals surface area contributed by atoms with E-state index in [4.69, 9.17) is 16.2 Å². The van der Waals surface area contributed by atoms with Crippen molar-refractivity contribution in [2.75, 3.05) is 13.1 Å². The van der Waals surface area contributed by atoms with E-state index in [0.717, 1.165) is 19.5 Å². The third kappa shape index (κ3) is 4.78. The van der Waals surface area contributed by atoms with Crippen LogP contribution in [0.5, 0.6) is 0 Å². The van der Waals surface area contributed by atoms with Crippen LogP contribution in [0.2, 0.25) is 5.02 Å². The van der Waals surface area contributed by atoms with Crippen molar-refractivity contribution in [3.05, 3.63) is 46.0 Å². The van der Waals surface area contributed by atoms with E-state index in [2.05, 4.69) is 26.1 Å². The summed E-state index contributed by atoms with van der Waals surface area (Å²) in [5, 5.41) is 27.2. The SMILES string of the molecule is ON=C(Cc1ccc(F)c(Cl)c1)c1nonc1CNCC1CCCCN1. The second-order valence-corrected chi connectivity index (χ2v) is 6.72. The maximum Gasteiger partial charge on any atom is 0.157 e. The molecule has 1 aromatic heterocycles. The Kier molecular flexibility index (Phi) is 6.54. The summed E-state index contributed by atoms with van der Waals surface area (Å²) in [5.74, 6) is -0.498. The summed E-state index contributed by atoms with van der Waals surface area (Å²) in [7, 11) is 0. The summed E-state index contributed by atoms with van der Waals surface area (Å²) in [6.07, 6.45) is 3.82. The fraction of sp³-hybridized carbons (Fsp3) is 0.471. The van der Waals surface area contributed by atoms with Crippen molar-refractivity contribution in [3.8, 4) is 0 Å². The molecule has 1 aliphatic rings. The lowest BCUT2D eigenvalue weighted by Gasteiger charge is -2.23. The van der Waals surface area contributed by atoms with Gasteiger partial charge in [0.25, 0.3) is 0 Å². The zero-order valence-electron chi connectivity index (χ0n) is 14.2. The summed E-state index contributed by atoms with van der Waals surface area (Å²) >= 11 is 5.80. The Bertz CT molecular complexity index is 761. The van der Waals surface area contributed by atoms with E-state index in [1.807, 2.05) is 0 Å². The molecule has 3 rings (SSSR count). The summed E-state index contributed by atoms with van der Waals surface area (Å²) in [5.41, 5.74) is 1.90. The second-order valence-electron chi connectivity index (χ2n) is 6.31. The first-order valence-electron chi connectivity index (χ1n) is 8.58. The summed E-state index contributed by atoms with van der Waals surface area (Å²) < 4.78 is 18.1. The highest BCUT2D eigenvalue weighted by Crippen LogP contribution is 2.18. The smallest absolute Gasteiger partial charge is 0.157 e. The monoisotopic (exact) mass is 381 g/mol. The molecule has 0 saturated carbocycles. The Morgan fingerprint density at radius 1 is 1.42 bits per heavy atom. The summed E-state index contributed by atoms with van der Waals surface area (Å²) in [6.45, 7) is 2.30. The van der Waals surface area contributed by atoms with Crippen molar-refractivity contribution >= 4 is 17.3 Å². The molecular weight excluding hydrogens is 361 g/mol. The molecule has 1 fully saturated rings. The third-order valence-electron chi connectivity index (χ3n) is 4.40. The van der Waals surface area contributed by atoms with E-state index in [1.54, 1.807) is 6.07 Å². The molecule has 1 unspecified atom stereocenters. The van der Waals surface area contributed by atoms with Gasteiger partial charge in [0.2, 0.25) is 0 Å². The van der Waals surface area contributed by atoms with E-state index >= 15 is 0 Å². The van der Waals surface area contributed by atoms with Gasteiger partial charge in [-0.1, -0.05) is 34.4 Å². The number of aromatic nitrogens is 2. The van der Waals surface area contributed by atoms with E-state index in [1.165, 1.54) is 25.0 Å². The molecule has 0 aliphatic carbocycles. The van der Waals surface area contributed by atoms with E-state index < -0.39 is 5.82 Å². The number of nitrogens with zero attached hydrogens (tertiary/aromatic N) is 3. The molecule has 9 heteroatoms. The molecule has 0 amide bonds. The maximum atomic E-state index is 13.3. The predicted molar refractivity (Wildman–Crippen MR) is 95.1 cm³/mol. The maximum absolute atomic E-state index is 13.3. The molecule has 2 aromatic rings. The first-order valence-corrected chi connectivity index (χ1v) is 8.96. The van der Waals surface area contributed by atoms with Crippen LogP contribution in [0.3, 0.4) is 0 Å². The van der Waals surface area contributed by atoms with Gasteiger partial charge in [-0.15, -0.1) is 0 Å². The number of rotatable bonds is 7. The number of oxime groups is 1. The fourth-order valence-electron chi connectivity index (χ4n) is 3.01. The first-order chi connectivity index (χ1) is 12.7. The van der Waals surface area contributed by atoms with Gasteiger partial charge in [-0.2, -0.15) is 0 Å². The van der Waals surface area contributed by atoms with Crippen molar-refractivity contribution < 1.29 is 14.2 Å². The average Bonchev–Trinajstić information content (AvgIpc) is 3.12. The molecule has 0 bridgehead atoms. The molecular formula is C17H21ClFN5O2. The van der Waals surface area contributed by atoms with E-state index in [-0.39, 0.29) is 17.2 Å². The lowest BCUT2D eigenvalue weighted by atomic mass is 10.0. The van der Waals surface area contributed by atoms with Crippen LogP contribution in [-0.2, 0) is 13.0 Å². The van der Waals surface area contributed by atoms with Crippen molar-refractivity contribution in [1.29, 1.82) is 0 Å². The highest BCUT2D eigenvalue weighted by atomic mass is 35.5. The van der Waals surface area contributed by atoms with Crippen LogP contribution in [0.15, 0.2) is 28.0 Å². The standard InChI is InChI=1S/C17H21ClFN5O2/c18-13-7-11(4-5-14(13)19)8-15(22-25)17-16(23-26-24-17)10-20-9-12-3-1-2-6-21-12/h4-5,7,12,20-21,25H,1-3,6,8-10H2. The van der Waals surface area contributed by atoms with Crippen LogP contribution in [-0.4, -0.2) is 40.4 Å². The van der Waals surface area contributed by atoms with Gasteiger partial charge in [-0.25, -0.2) is 9.02 Å². The number of piperidine rings is 1. The zero-order valence-corrected chi connectivity index (χ0v) is 15.0. The Morgan fingerprint density at radius 2 is 2.31 bits per heavy atom. The van der Waals surface area contributed by atoms with E-state index in [9.17, 15) is 9.60 Å². The normalized spacial score (nSPS) is 18.2. The largest absolute Gasteiger partial charge is 0.411 e. The van der Waals surface area contributed by atoms with Gasteiger partial charge >= 0.3 is 0 Å². The minimum absolute atomic E-state index is 0.0138. The van der Waals surface area contributed by atoms with Crippen molar-refractivity contribution in [2.45, 2.75) is 38.3 Å². The Morgan fingerprint density at radius 3 is 3.04 bits per heavy atom.